The predicted molar refractivity (Wildman–Crippen MR) is 83.1 cm³/mol. The van der Waals surface area contributed by atoms with Crippen LogP contribution in [-0.2, 0) is 4.79 Å². The van der Waals surface area contributed by atoms with E-state index in [4.69, 9.17) is 4.74 Å². The minimum atomic E-state index is -0.308. The summed E-state index contributed by atoms with van der Waals surface area (Å²) in [5.74, 6) is -0.188. The molecule has 0 aliphatic carbocycles. The summed E-state index contributed by atoms with van der Waals surface area (Å²) in [6.07, 6.45) is 0.179. The molecule has 1 unspecified atom stereocenters. The van der Waals surface area contributed by atoms with Crippen LogP contribution < -0.4 is 10.3 Å². The number of nitrogens with one attached hydrogen (secondary N) is 1. The van der Waals surface area contributed by atoms with Gasteiger partial charge in [-0.05, 0) is 17.7 Å². The molecule has 2 heterocycles. The average Bonchev–Trinajstić information content (AvgIpc) is 2.55. The Kier molecular flexibility index (Phi) is 2.82. The fraction of sp³-hybridized carbons (Fsp3) is 0.111. The van der Waals surface area contributed by atoms with Gasteiger partial charge in [0.1, 0.15) is 5.75 Å². The van der Waals surface area contributed by atoms with Gasteiger partial charge >= 0.3 is 5.97 Å². The molecule has 3 aromatic rings. The summed E-state index contributed by atoms with van der Waals surface area (Å²) in [6.45, 7) is 0. The van der Waals surface area contributed by atoms with E-state index < -0.39 is 0 Å². The van der Waals surface area contributed by atoms with E-state index in [2.05, 4.69) is 4.98 Å². The van der Waals surface area contributed by atoms with Crippen LogP contribution in [-0.4, -0.2) is 11.0 Å². The minimum Gasteiger partial charge on any atom is -0.425 e. The summed E-state index contributed by atoms with van der Waals surface area (Å²) in [5, 5.41) is 0.756. The molecule has 0 amide bonds. The molecule has 22 heavy (non-hydrogen) atoms. The molecule has 0 radical (unpaired) electrons. The van der Waals surface area contributed by atoms with Crippen LogP contribution in [0, 0.1) is 0 Å². The maximum Gasteiger partial charge on any atom is 0.312 e. The summed E-state index contributed by atoms with van der Waals surface area (Å²) in [5.41, 5.74) is 1.95. The van der Waals surface area contributed by atoms with Crippen LogP contribution in [0.1, 0.15) is 23.5 Å². The third-order valence-corrected chi connectivity index (χ3v) is 4.05. The third-order valence-electron chi connectivity index (χ3n) is 4.05. The average molecular weight is 291 g/mol. The summed E-state index contributed by atoms with van der Waals surface area (Å²) in [4.78, 5) is 27.4. The smallest absolute Gasteiger partial charge is 0.312 e. The summed E-state index contributed by atoms with van der Waals surface area (Å²) >= 11 is 0. The van der Waals surface area contributed by atoms with Crippen molar-refractivity contribution in [2.24, 2.45) is 0 Å². The van der Waals surface area contributed by atoms with Crippen molar-refractivity contribution >= 4 is 16.9 Å². The first-order valence-electron chi connectivity index (χ1n) is 7.14. The summed E-state index contributed by atoms with van der Waals surface area (Å²) in [6, 6.07) is 16.9. The molecule has 1 aromatic heterocycles. The normalized spacial score (nSPS) is 17.1. The molecule has 108 valence electrons. The van der Waals surface area contributed by atoms with Crippen LogP contribution in [0.3, 0.4) is 0 Å². The van der Waals surface area contributed by atoms with E-state index in [1.165, 1.54) is 0 Å². The van der Waals surface area contributed by atoms with E-state index in [1.807, 2.05) is 48.5 Å². The van der Waals surface area contributed by atoms with Gasteiger partial charge in [-0.3, -0.25) is 9.59 Å². The fourth-order valence-electron chi connectivity index (χ4n) is 3.05. The Labute approximate surface area is 126 Å². The molecule has 4 nitrogen and oxygen atoms in total. The molecule has 1 N–H and O–H groups in total. The quantitative estimate of drug-likeness (QED) is 0.701. The van der Waals surface area contributed by atoms with E-state index >= 15 is 0 Å². The van der Waals surface area contributed by atoms with Gasteiger partial charge in [0.05, 0.1) is 17.5 Å². The molecular weight excluding hydrogens is 278 g/mol. The predicted octanol–water partition coefficient (Wildman–Crippen LogP) is 2.97. The number of H-pyrrole nitrogens is 1. The Morgan fingerprint density at radius 1 is 0.955 bits per heavy atom. The van der Waals surface area contributed by atoms with Gasteiger partial charge < -0.3 is 9.72 Å². The number of rotatable bonds is 1. The molecule has 1 aliphatic rings. The van der Waals surface area contributed by atoms with E-state index in [0.717, 1.165) is 10.9 Å². The minimum absolute atomic E-state index is 0.179. The first kappa shape index (κ1) is 12.8. The number of benzene rings is 2. The number of ether oxygens (including phenoxy) is 1. The van der Waals surface area contributed by atoms with Crippen molar-refractivity contribution in [3.8, 4) is 5.75 Å². The Morgan fingerprint density at radius 3 is 2.50 bits per heavy atom. The zero-order valence-electron chi connectivity index (χ0n) is 11.7. The number of carbonyl (C=O) groups is 1. The number of carbonyl (C=O) groups excluding carboxylic acids is 1. The topological polar surface area (TPSA) is 59.2 Å². The zero-order valence-corrected chi connectivity index (χ0v) is 11.7. The first-order valence-corrected chi connectivity index (χ1v) is 7.14. The SMILES string of the molecule is O=C1CC(c2ccccc2)c2c(c3ccccc3[nH]c2=O)O1. The second kappa shape index (κ2) is 4.84. The number of hydrogen-bond donors (Lipinski definition) is 1. The third kappa shape index (κ3) is 1.92. The maximum absolute atomic E-state index is 12.5. The van der Waals surface area contributed by atoms with Gasteiger partial charge in [0.15, 0.2) is 0 Å². The standard InChI is InChI=1S/C18H13NO3/c20-15-10-13(11-6-2-1-3-7-11)16-17(22-15)12-8-4-5-9-14(12)19-18(16)21/h1-9,13H,10H2,(H,19,21). The molecule has 2 aromatic carbocycles. The van der Waals surface area contributed by atoms with Crippen molar-refractivity contribution < 1.29 is 9.53 Å². The highest BCUT2D eigenvalue weighted by Gasteiger charge is 2.32. The van der Waals surface area contributed by atoms with Crippen LogP contribution in [0.15, 0.2) is 59.4 Å². The van der Waals surface area contributed by atoms with Gasteiger partial charge in [0, 0.05) is 11.3 Å². The van der Waals surface area contributed by atoms with Crippen molar-refractivity contribution in [1.82, 2.24) is 4.98 Å². The van der Waals surface area contributed by atoms with E-state index in [-0.39, 0.29) is 23.9 Å². The molecule has 0 saturated carbocycles. The number of hydrogen-bond acceptors (Lipinski definition) is 3. The fourth-order valence-corrected chi connectivity index (χ4v) is 3.05. The van der Waals surface area contributed by atoms with Gasteiger partial charge in [-0.15, -0.1) is 0 Å². The van der Waals surface area contributed by atoms with Crippen LogP contribution in [0.5, 0.6) is 5.75 Å². The molecule has 0 spiro atoms. The Hall–Kier alpha value is -2.88. The van der Waals surface area contributed by atoms with Crippen molar-refractivity contribution in [2.45, 2.75) is 12.3 Å². The zero-order chi connectivity index (χ0) is 15.1. The molecule has 1 aliphatic heterocycles. The number of aromatic nitrogens is 1. The van der Waals surface area contributed by atoms with Gasteiger partial charge in [0.2, 0.25) is 0 Å². The van der Waals surface area contributed by atoms with E-state index in [9.17, 15) is 9.59 Å². The highest BCUT2D eigenvalue weighted by molar-refractivity contribution is 5.91. The van der Waals surface area contributed by atoms with Crippen molar-refractivity contribution in [3.05, 3.63) is 76.1 Å². The first-order chi connectivity index (χ1) is 10.7. The molecular formula is C18H13NO3. The van der Waals surface area contributed by atoms with Gasteiger partial charge in [-0.25, -0.2) is 0 Å². The Morgan fingerprint density at radius 2 is 1.68 bits per heavy atom. The maximum atomic E-state index is 12.5. The molecule has 4 rings (SSSR count). The Bertz CT molecular complexity index is 928. The van der Waals surface area contributed by atoms with E-state index in [0.29, 0.717) is 16.8 Å². The van der Waals surface area contributed by atoms with Crippen LogP contribution in [0.2, 0.25) is 0 Å². The van der Waals surface area contributed by atoms with Gasteiger partial charge in [-0.2, -0.15) is 0 Å². The molecule has 1 atom stereocenters. The lowest BCUT2D eigenvalue weighted by atomic mass is 9.86. The monoisotopic (exact) mass is 291 g/mol. The lowest BCUT2D eigenvalue weighted by molar-refractivity contribution is -0.135. The second-order valence-electron chi connectivity index (χ2n) is 5.38. The number of aromatic amines is 1. The van der Waals surface area contributed by atoms with Crippen LogP contribution in [0.25, 0.3) is 10.9 Å². The highest BCUT2D eigenvalue weighted by Crippen LogP contribution is 2.39. The van der Waals surface area contributed by atoms with Gasteiger partial charge in [-0.1, -0.05) is 42.5 Å². The largest absolute Gasteiger partial charge is 0.425 e. The number of para-hydroxylation sites is 1. The number of pyridine rings is 1. The molecule has 0 fully saturated rings. The summed E-state index contributed by atoms with van der Waals surface area (Å²) < 4.78 is 5.42. The Balaban J connectivity index is 2.04. The molecule has 0 saturated heterocycles. The lowest BCUT2D eigenvalue weighted by Gasteiger charge is -2.25. The number of esters is 1. The van der Waals surface area contributed by atoms with Crippen molar-refractivity contribution in [3.63, 3.8) is 0 Å². The lowest BCUT2D eigenvalue weighted by Crippen LogP contribution is -2.28. The van der Waals surface area contributed by atoms with Crippen LogP contribution in [0.4, 0.5) is 0 Å². The van der Waals surface area contributed by atoms with Crippen molar-refractivity contribution in [1.29, 1.82) is 0 Å². The van der Waals surface area contributed by atoms with Crippen molar-refractivity contribution in [2.75, 3.05) is 0 Å². The number of fused-ring (bicyclic) bond motifs is 3. The highest BCUT2D eigenvalue weighted by atomic mass is 16.5. The molecule has 4 heteroatoms. The van der Waals surface area contributed by atoms with Gasteiger partial charge in [0.25, 0.3) is 5.56 Å². The van der Waals surface area contributed by atoms with E-state index in [1.54, 1.807) is 6.07 Å². The van der Waals surface area contributed by atoms with Crippen LogP contribution >= 0.6 is 0 Å². The second-order valence-corrected chi connectivity index (χ2v) is 5.38. The molecule has 0 bridgehead atoms. The summed E-state index contributed by atoms with van der Waals surface area (Å²) in [7, 11) is 0.